The van der Waals surface area contributed by atoms with E-state index in [2.05, 4.69) is 20.3 Å². The molecule has 8 aromatic rings. The van der Waals surface area contributed by atoms with Gasteiger partial charge in [0.05, 0.1) is 45.0 Å². The molecule has 12 heteroatoms. The number of benzene rings is 4. The van der Waals surface area contributed by atoms with Gasteiger partial charge in [0, 0.05) is 70.0 Å². The number of hydrogen-bond donors (Lipinski definition) is 2. The molecular formula is C42H37N5O7. The number of nitrogens with zero attached hydrogens (tertiary/aromatic N) is 3. The molecule has 1 saturated carbocycles. The normalized spacial score (nSPS) is 12.3. The van der Waals surface area contributed by atoms with Crippen molar-refractivity contribution in [3.8, 4) is 46.0 Å². The molecule has 272 valence electrons. The zero-order valence-electron chi connectivity index (χ0n) is 30.1. The van der Waals surface area contributed by atoms with Crippen LogP contribution in [0.5, 0.6) is 46.0 Å². The summed E-state index contributed by atoms with van der Waals surface area (Å²) in [7, 11) is 6.41. The lowest BCUT2D eigenvalue weighted by atomic mass is 10.1. The summed E-state index contributed by atoms with van der Waals surface area (Å²) in [5.74, 6) is 5.32. The van der Waals surface area contributed by atoms with Gasteiger partial charge in [0.25, 0.3) is 0 Å². The van der Waals surface area contributed by atoms with Crippen LogP contribution in [0.2, 0.25) is 0 Å². The Hall–Kier alpha value is -6.95. The summed E-state index contributed by atoms with van der Waals surface area (Å²) in [5, 5.41) is 6.72. The van der Waals surface area contributed by atoms with Crippen LogP contribution >= 0.6 is 0 Å². The molecule has 0 saturated heterocycles. The number of carbonyl (C=O) groups excluding carboxylic acids is 1. The van der Waals surface area contributed by atoms with Crippen molar-refractivity contribution in [2.24, 2.45) is 0 Å². The fourth-order valence-electron chi connectivity index (χ4n) is 6.25. The number of rotatable bonds is 9. The molecule has 0 atom stereocenters. The number of nitrogens with one attached hydrogen (secondary N) is 2. The fourth-order valence-corrected chi connectivity index (χ4v) is 6.25. The van der Waals surface area contributed by atoms with Crippen molar-refractivity contribution in [2.75, 3.05) is 28.4 Å². The predicted molar refractivity (Wildman–Crippen MR) is 207 cm³/mol. The van der Waals surface area contributed by atoms with Crippen molar-refractivity contribution in [3.05, 3.63) is 110 Å². The molecule has 1 aliphatic carbocycles. The molecule has 1 aliphatic rings. The average Bonchev–Trinajstić information content (AvgIpc) is 3.71. The first-order chi connectivity index (χ1) is 26.4. The van der Waals surface area contributed by atoms with Crippen LogP contribution in [0.3, 0.4) is 0 Å². The van der Waals surface area contributed by atoms with Crippen LogP contribution in [-0.4, -0.2) is 60.0 Å². The lowest BCUT2D eigenvalue weighted by molar-refractivity contribution is 0.243. The highest BCUT2D eigenvalue weighted by atomic mass is 16.5. The fraction of sp³-hybridized carbons (Fsp3) is 0.167. The number of aromatic amines is 1. The number of aromatic nitrogens is 4. The molecule has 0 unspecified atom stereocenters. The monoisotopic (exact) mass is 723 g/mol. The second-order valence-corrected chi connectivity index (χ2v) is 12.6. The van der Waals surface area contributed by atoms with Crippen molar-refractivity contribution >= 4 is 49.6 Å². The highest BCUT2D eigenvalue weighted by molar-refractivity contribution is 5.93. The quantitative estimate of drug-likeness (QED) is 0.150. The maximum absolute atomic E-state index is 12.4. The van der Waals surface area contributed by atoms with E-state index in [1.54, 1.807) is 51.6 Å². The van der Waals surface area contributed by atoms with Gasteiger partial charge in [-0.3, -0.25) is 14.5 Å². The van der Waals surface area contributed by atoms with Crippen LogP contribution in [0.25, 0.3) is 43.6 Å². The van der Waals surface area contributed by atoms with Gasteiger partial charge in [0.1, 0.15) is 23.0 Å². The number of amides is 1. The number of fused-ring (bicyclic) bond motifs is 4. The minimum Gasteiger partial charge on any atom is -0.493 e. The third-order valence-electron chi connectivity index (χ3n) is 9.18. The summed E-state index contributed by atoms with van der Waals surface area (Å²) in [4.78, 5) is 24.4. The van der Waals surface area contributed by atoms with Gasteiger partial charge in [-0.15, -0.1) is 0 Å². The SMILES string of the molecule is COc1cc2nccc(Oc3ccc4[nH]ccc4c3)c2cc1OC.COc1cc2nccc(Oc3ccc4c(ccn4C(=O)NC4CC4)c3)c2cc1OC. The van der Waals surface area contributed by atoms with Gasteiger partial charge >= 0.3 is 6.03 Å². The van der Waals surface area contributed by atoms with Crippen LogP contribution < -0.4 is 33.7 Å². The van der Waals surface area contributed by atoms with E-state index in [0.717, 1.165) is 68.0 Å². The maximum atomic E-state index is 12.4. The standard InChI is InChI=1S/C23H21N3O4.C19H16N2O3/c1-28-21-12-17-18(13-22(21)29-2)24-9-7-20(17)30-16-5-6-19-14(11-16)8-10-26(19)23(27)25-15-3-4-15;1-22-18-10-14-16(11-19(18)23-2)21-8-6-17(14)24-13-3-4-15-12(9-13)5-7-20-15/h5-13,15H,3-4H2,1-2H3,(H,25,27);3-11,20H,1-2H3. The molecule has 54 heavy (non-hydrogen) atoms. The molecule has 4 heterocycles. The summed E-state index contributed by atoms with van der Waals surface area (Å²) >= 11 is 0. The van der Waals surface area contributed by atoms with Gasteiger partial charge in [0.2, 0.25) is 0 Å². The number of ether oxygens (including phenoxy) is 6. The van der Waals surface area contributed by atoms with Crippen molar-refractivity contribution in [1.29, 1.82) is 0 Å². The molecule has 0 spiro atoms. The van der Waals surface area contributed by atoms with Gasteiger partial charge in [0.15, 0.2) is 23.0 Å². The van der Waals surface area contributed by atoms with Crippen LogP contribution in [0.15, 0.2) is 110 Å². The Morgan fingerprint density at radius 1 is 0.648 bits per heavy atom. The number of pyridine rings is 2. The van der Waals surface area contributed by atoms with Gasteiger partial charge in [-0.05, 0) is 85.6 Å². The van der Waals surface area contributed by atoms with Crippen LogP contribution in [0.1, 0.15) is 12.8 Å². The summed E-state index contributed by atoms with van der Waals surface area (Å²) < 4.78 is 35.4. The zero-order chi connectivity index (χ0) is 37.2. The molecule has 0 aliphatic heterocycles. The van der Waals surface area contributed by atoms with E-state index >= 15 is 0 Å². The van der Waals surface area contributed by atoms with E-state index in [4.69, 9.17) is 28.4 Å². The van der Waals surface area contributed by atoms with E-state index < -0.39 is 0 Å². The summed E-state index contributed by atoms with van der Waals surface area (Å²) in [6, 6.07) is 26.8. The molecule has 12 nitrogen and oxygen atoms in total. The largest absolute Gasteiger partial charge is 0.493 e. The van der Waals surface area contributed by atoms with Gasteiger partial charge in [-0.25, -0.2) is 4.79 Å². The van der Waals surface area contributed by atoms with Crippen LogP contribution in [0.4, 0.5) is 4.79 Å². The van der Waals surface area contributed by atoms with E-state index in [9.17, 15) is 4.79 Å². The highest BCUT2D eigenvalue weighted by Crippen LogP contribution is 2.39. The smallest absolute Gasteiger partial charge is 0.326 e. The van der Waals surface area contributed by atoms with Crippen molar-refractivity contribution in [1.82, 2.24) is 24.8 Å². The molecule has 9 rings (SSSR count). The van der Waals surface area contributed by atoms with E-state index in [-0.39, 0.29) is 6.03 Å². The third-order valence-corrected chi connectivity index (χ3v) is 9.18. The molecular weight excluding hydrogens is 686 g/mol. The highest BCUT2D eigenvalue weighted by Gasteiger charge is 2.24. The Bertz CT molecular complexity index is 2650. The average molecular weight is 724 g/mol. The minimum atomic E-state index is -0.0951. The Kier molecular flexibility index (Phi) is 9.22. The maximum Gasteiger partial charge on any atom is 0.326 e. The first kappa shape index (κ1) is 34.2. The first-order valence-electron chi connectivity index (χ1n) is 17.3. The molecule has 0 radical (unpaired) electrons. The van der Waals surface area contributed by atoms with E-state index in [1.807, 2.05) is 91.1 Å². The Labute approximate surface area is 310 Å². The lowest BCUT2D eigenvalue weighted by Gasteiger charge is -2.12. The van der Waals surface area contributed by atoms with Gasteiger partial charge in [-0.1, -0.05) is 0 Å². The molecule has 1 amide bonds. The van der Waals surface area contributed by atoms with Crippen molar-refractivity contribution < 1.29 is 33.2 Å². The molecule has 4 aromatic carbocycles. The molecule has 4 aromatic heterocycles. The third kappa shape index (κ3) is 6.84. The Balaban J connectivity index is 0.000000157. The summed E-state index contributed by atoms with van der Waals surface area (Å²) in [6.07, 6.45) is 9.22. The Morgan fingerprint density at radius 2 is 1.20 bits per heavy atom. The summed E-state index contributed by atoms with van der Waals surface area (Å²) in [6.45, 7) is 0. The molecule has 0 bridgehead atoms. The van der Waals surface area contributed by atoms with Crippen LogP contribution in [0, 0.1) is 0 Å². The number of H-pyrrole nitrogens is 1. The Morgan fingerprint density at radius 3 is 1.78 bits per heavy atom. The number of hydrogen-bond acceptors (Lipinski definition) is 9. The summed E-state index contributed by atoms with van der Waals surface area (Å²) in [5.41, 5.74) is 3.45. The predicted octanol–water partition coefficient (Wildman–Crippen LogP) is 9.24. The number of methoxy groups -OCH3 is 4. The zero-order valence-corrected chi connectivity index (χ0v) is 30.1. The second kappa shape index (κ2) is 14.6. The second-order valence-electron chi connectivity index (χ2n) is 12.6. The topological polar surface area (TPSA) is 131 Å². The lowest BCUT2D eigenvalue weighted by Crippen LogP contribution is -2.29. The van der Waals surface area contributed by atoms with E-state index in [1.165, 1.54) is 0 Å². The first-order valence-corrected chi connectivity index (χ1v) is 17.3. The van der Waals surface area contributed by atoms with Crippen LogP contribution in [-0.2, 0) is 0 Å². The van der Waals surface area contributed by atoms with Crippen molar-refractivity contribution in [3.63, 3.8) is 0 Å². The molecule has 1 fully saturated rings. The minimum absolute atomic E-state index is 0.0951. The molecule has 2 N–H and O–H groups in total. The van der Waals surface area contributed by atoms with Gasteiger partial charge in [-0.2, -0.15) is 0 Å². The number of carbonyl (C=O) groups is 1. The van der Waals surface area contributed by atoms with E-state index in [0.29, 0.717) is 40.5 Å². The van der Waals surface area contributed by atoms with Crippen molar-refractivity contribution in [2.45, 2.75) is 18.9 Å². The van der Waals surface area contributed by atoms with Gasteiger partial charge < -0.3 is 38.7 Å².